The zero-order valence-corrected chi connectivity index (χ0v) is 25.8. The zero-order valence-electron chi connectivity index (χ0n) is 25.8. The van der Waals surface area contributed by atoms with Crippen LogP contribution in [0.15, 0.2) is 45.5 Å². The van der Waals surface area contributed by atoms with E-state index in [1.54, 1.807) is 5.56 Å². The molecule has 1 aliphatic heterocycles. The summed E-state index contributed by atoms with van der Waals surface area (Å²) in [5, 5.41) is 0. The molecule has 4 nitrogen and oxygen atoms in total. The quantitative estimate of drug-likeness (QED) is 0.275. The molecule has 42 heavy (non-hydrogen) atoms. The van der Waals surface area contributed by atoms with E-state index in [0.717, 1.165) is 48.9 Å². The third kappa shape index (κ3) is 7.22. The van der Waals surface area contributed by atoms with E-state index in [9.17, 15) is 4.79 Å². The molecule has 0 N–H and O–H groups in total. The topological polar surface area (TPSA) is 58.9 Å². The van der Waals surface area contributed by atoms with Crippen LogP contribution in [-0.4, -0.2) is 32.0 Å². The molecule has 4 aliphatic carbocycles. The molecule has 0 saturated heterocycles. The highest BCUT2D eigenvalue weighted by atomic mass is 16.1. The molecule has 0 bridgehead atoms. The lowest BCUT2D eigenvalue weighted by Crippen LogP contribution is -2.25. The number of aryl methyl sites for hydroxylation is 1. The summed E-state index contributed by atoms with van der Waals surface area (Å²) >= 11 is 0. The Kier molecular flexibility index (Phi) is 11.5. The number of rotatable bonds is 9. The average Bonchev–Trinajstić information content (AvgIpc) is 3.49. The number of benzene rings is 1. The fraction of sp³-hybridized carbons (Fsp3) is 0.684. The van der Waals surface area contributed by atoms with Gasteiger partial charge in [0, 0.05) is 46.8 Å². The highest BCUT2D eigenvalue weighted by Crippen LogP contribution is 2.60. The number of fused-ring (bicyclic) bond motifs is 1. The van der Waals surface area contributed by atoms with E-state index in [-0.39, 0.29) is 10.3 Å². The summed E-state index contributed by atoms with van der Waals surface area (Å²) in [7, 11) is 1.86. The maximum absolute atomic E-state index is 13.2. The van der Waals surface area contributed by atoms with E-state index in [0.29, 0.717) is 35.9 Å². The first-order valence-electron chi connectivity index (χ1n) is 16.6. The van der Waals surface area contributed by atoms with E-state index < -0.39 is 0 Å². The van der Waals surface area contributed by atoms with Crippen LogP contribution in [0.1, 0.15) is 118 Å². The first-order chi connectivity index (χ1) is 20.0. The van der Waals surface area contributed by atoms with Gasteiger partial charge in [-0.3, -0.25) is 14.8 Å². The maximum atomic E-state index is 13.2. The third-order valence-electron chi connectivity index (χ3n) is 11.6. The molecular formula is C38H60N2O2. The number of Topliss-reactive ketones (excluding diaryl/α,β-unsaturated/α-hetero) is 1. The van der Waals surface area contributed by atoms with Crippen LogP contribution in [0.5, 0.6) is 0 Å². The highest BCUT2D eigenvalue weighted by molar-refractivity contribution is 5.84. The van der Waals surface area contributed by atoms with Gasteiger partial charge in [0.1, 0.15) is 12.6 Å². The maximum Gasteiger partial charge on any atom is 0.133 e. The van der Waals surface area contributed by atoms with Crippen molar-refractivity contribution in [3.8, 4) is 0 Å². The molecule has 1 heterocycles. The molecule has 0 aromatic heterocycles. The Morgan fingerprint density at radius 1 is 1.00 bits per heavy atom. The number of allylic oxidation sites excluding steroid dienone is 2. The average molecular weight is 577 g/mol. The molecule has 0 amide bonds. The van der Waals surface area contributed by atoms with E-state index in [2.05, 4.69) is 49.3 Å². The SMILES string of the molecule is C.C=O.CN=CC1=C(C2CCC[C@@H](CC(=O)CCc3ccccc3C3CC3C3CC4CCCC4C3)C2)N=CC(C)C1C.[HH].[HH]. The Hall–Kier alpha value is -2.36. The fourth-order valence-corrected chi connectivity index (χ4v) is 9.18. The van der Waals surface area contributed by atoms with Gasteiger partial charge in [-0.2, -0.15) is 0 Å². The number of carbonyl (C=O) groups is 2. The lowest BCUT2D eigenvalue weighted by molar-refractivity contribution is -0.120. The van der Waals surface area contributed by atoms with Crippen LogP contribution in [0.4, 0.5) is 0 Å². The molecule has 1 aromatic rings. The molecule has 4 saturated carbocycles. The van der Waals surface area contributed by atoms with Gasteiger partial charge in [0.15, 0.2) is 0 Å². The van der Waals surface area contributed by atoms with Gasteiger partial charge in [-0.25, -0.2) is 0 Å². The molecule has 234 valence electrons. The molecule has 0 radical (unpaired) electrons. The van der Waals surface area contributed by atoms with Crippen molar-refractivity contribution >= 4 is 25.0 Å². The Morgan fingerprint density at radius 2 is 1.71 bits per heavy atom. The number of hydrogen-bond acceptors (Lipinski definition) is 4. The van der Waals surface area contributed by atoms with Crippen LogP contribution in [-0.2, 0) is 16.0 Å². The van der Waals surface area contributed by atoms with Crippen LogP contribution < -0.4 is 0 Å². The number of aliphatic imine (C=N–C) groups is 2. The summed E-state index contributed by atoms with van der Waals surface area (Å²) in [5.74, 6) is 7.08. The van der Waals surface area contributed by atoms with Crippen LogP contribution in [0.3, 0.4) is 0 Å². The van der Waals surface area contributed by atoms with Gasteiger partial charge in [-0.15, -0.1) is 0 Å². The second-order valence-corrected chi connectivity index (χ2v) is 14.0. The number of carbonyl (C=O) groups excluding carboxylic acids is 2. The summed E-state index contributed by atoms with van der Waals surface area (Å²) < 4.78 is 0. The summed E-state index contributed by atoms with van der Waals surface area (Å²) in [5.41, 5.74) is 5.59. The second-order valence-electron chi connectivity index (χ2n) is 14.0. The number of nitrogens with zero attached hydrogens (tertiary/aromatic N) is 2. The molecule has 0 spiro atoms. The van der Waals surface area contributed by atoms with Gasteiger partial charge in [0.25, 0.3) is 0 Å². The van der Waals surface area contributed by atoms with Crippen molar-refractivity contribution in [3.05, 3.63) is 46.7 Å². The number of hydrogen-bond donors (Lipinski definition) is 0. The zero-order chi connectivity index (χ0) is 28.9. The predicted octanol–water partition coefficient (Wildman–Crippen LogP) is 9.57. The van der Waals surface area contributed by atoms with Crippen LogP contribution >= 0.6 is 0 Å². The van der Waals surface area contributed by atoms with Gasteiger partial charge < -0.3 is 4.79 Å². The van der Waals surface area contributed by atoms with Crippen molar-refractivity contribution in [1.82, 2.24) is 0 Å². The standard InChI is InChI=1S/C36H50N2O.CH2O.CH4.2H2/c1-23-21-38-36(35(22-37-3)24(23)2)29-12-6-8-25(16-29)17-31(39)15-14-26-9-4-5-13-32(26)34-20-33(34)30-18-27-10-7-11-28(27)19-30;1-2;;;/h4-5,9,13,21-25,27-30,33-34H,6-8,10-12,14-20H2,1-3H3;1H2;1H4;2*1H/t23?,24?,25-,27?,28?,29?,30?,33?,34?;;;;/m1..../s1. The van der Waals surface area contributed by atoms with Crippen molar-refractivity contribution in [3.63, 3.8) is 0 Å². The fourth-order valence-electron chi connectivity index (χ4n) is 9.18. The minimum absolute atomic E-state index is 0. The van der Waals surface area contributed by atoms with E-state index in [4.69, 9.17) is 9.79 Å². The Bertz CT molecular complexity index is 1150. The minimum atomic E-state index is 0. The highest BCUT2D eigenvalue weighted by Gasteiger charge is 2.49. The Morgan fingerprint density at radius 3 is 2.45 bits per heavy atom. The number of ketones is 1. The Balaban J connectivity index is 0.00000132. The lowest BCUT2D eigenvalue weighted by Gasteiger charge is -2.33. The second kappa shape index (κ2) is 14.9. The minimum Gasteiger partial charge on any atom is -0.307 e. The van der Waals surface area contributed by atoms with Crippen molar-refractivity contribution in [2.45, 2.75) is 111 Å². The molecule has 8 atom stereocenters. The molecule has 6 rings (SSSR count). The largest absolute Gasteiger partial charge is 0.307 e. The van der Waals surface area contributed by atoms with Crippen molar-refractivity contribution < 1.29 is 12.4 Å². The molecule has 4 fully saturated rings. The molecule has 7 unspecified atom stereocenters. The van der Waals surface area contributed by atoms with Crippen molar-refractivity contribution in [2.24, 2.45) is 57.3 Å². The normalized spacial score (nSPS) is 35.4. The summed E-state index contributed by atoms with van der Waals surface area (Å²) in [6.07, 6.45) is 20.1. The molecule has 4 heteroatoms. The van der Waals surface area contributed by atoms with Gasteiger partial charge in [-0.1, -0.05) is 71.2 Å². The predicted molar refractivity (Wildman–Crippen MR) is 181 cm³/mol. The van der Waals surface area contributed by atoms with Gasteiger partial charge in [-0.05, 0) is 109 Å². The van der Waals surface area contributed by atoms with E-state index >= 15 is 0 Å². The third-order valence-corrected chi connectivity index (χ3v) is 11.6. The van der Waals surface area contributed by atoms with Crippen LogP contribution in [0.25, 0.3) is 0 Å². The Labute approximate surface area is 258 Å². The first-order valence-corrected chi connectivity index (χ1v) is 16.6. The van der Waals surface area contributed by atoms with Gasteiger partial charge in [0.05, 0.1) is 0 Å². The van der Waals surface area contributed by atoms with Crippen LogP contribution in [0, 0.1) is 47.3 Å². The van der Waals surface area contributed by atoms with Crippen molar-refractivity contribution in [1.29, 1.82) is 0 Å². The van der Waals surface area contributed by atoms with Crippen molar-refractivity contribution in [2.75, 3.05) is 7.05 Å². The summed E-state index contributed by atoms with van der Waals surface area (Å²) in [6, 6.07) is 9.10. The molecular weight excluding hydrogens is 516 g/mol. The molecule has 1 aromatic carbocycles. The van der Waals surface area contributed by atoms with Gasteiger partial charge >= 0.3 is 0 Å². The first kappa shape index (κ1) is 32.6. The van der Waals surface area contributed by atoms with E-state index in [1.165, 1.54) is 74.6 Å². The van der Waals surface area contributed by atoms with Gasteiger partial charge in [0.2, 0.25) is 0 Å². The summed E-state index contributed by atoms with van der Waals surface area (Å²) in [6.45, 7) is 6.55. The van der Waals surface area contributed by atoms with E-state index in [1.807, 2.05) is 20.1 Å². The van der Waals surface area contributed by atoms with Crippen LogP contribution in [0.2, 0.25) is 0 Å². The summed E-state index contributed by atoms with van der Waals surface area (Å²) in [4.78, 5) is 30.5. The monoisotopic (exact) mass is 576 g/mol. The molecule has 5 aliphatic rings. The lowest BCUT2D eigenvalue weighted by atomic mass is 9.74. The smallest absolute Gasteiger partial charge is 0.133 e.